The van der Waals surface area contributed by atoms with E-state index in [1.54, 1.807) is 0 Å². The lowest BCUT2D eigenvalue weighted by Crippen LogP contribution is -2.40. The van der Waals surface area contributed by atoms with E-state index in [9.17, 15) is 14.4 Å². The molecule has 0 bridgehead atoms. The number of nitrogens with one attached hydrogen (secondary N) is 1. The molecule has 0 heterocycles. The van der Waals surface area contributed by atoms with E-state index >= 15 is 0 Å². The van der Waals surface area contributed by atoms with Gasteiger partial charge in [-0.3, -0.25) is 14.4 Å². The molecule has 154 valence electrons. The molecule has 1 aromatic carbocycles. The third-order valence-corrected chi connectivity index (χ3v) is 4.63. The minimum Gasteiger partial charge on any atom is -0.493 e. The summed E-state index contributed by atoms with van der Waals surface area (Å²) >= 11 is 0. The summed E-state index contributed by atoms with van der Waals surface area (Å²) < 4.78 is 20.7. The molecular formula is C19H26N2O7. The van der Waals surface area contributed by atoms with Crippen LogP contribution in [0.15, 0.2) is 12.1 Å². The number of esters is 1. The average molecular weight is 394 g/mol. The molecule has 9 heteroatoms. The van der Waals surface area contributed by atoms with Gasteiger partial charge in [-0.1, -0.05) is 6.42 Å². The smallest absolute Gasteiger partial charge is 0.308 e. The third kappa shape index (κ3) is 5.28. The van der Waals surface area contributed by atoms with Gasteiger partial charge in [-0.25, -0.2) is 0 Å². The van der Waals surface area contributed by atoms with Gasteiger partial charge in [0.2, 0.25) is 5.75 Å². The first kappa shape index (κ1) is 21.3. The normalized spacial score (nSPS) is 18.7. The van der Waals surface area contributed by atoms with Gasteiger partial charge in [0.15, 0.2) is 18.1 Å². The van der Waals surface area contributed by atoms with E-state index < -0.39 is 5.91 Å². The summed E-state index contributed by atoms with van der Waals surface area (Å²) in [5.41, 5.74) is 5.41. The molecule has 2 atom stereocenters. The largest absolute Gasteiger partial charge is 0.493 e. The van der Waals surface area contributed by atoms with Gasteiger partial charge in [0.25, 0.3) is 11.8 Å². The number of hydrogen-bond donors (Lipinski definition) is 2. The zero-order valence-electron chi connectivity index (χ0n) is 16.3. The van der Waals surface area contributed by atoms with Crippen LogP contribution in [0.1, 0.15) is 36.0 Å². The van der Waals surface area contributed by atoms with E-state index in [0.717, 1.165) is 19.3 Å². The lowest BCUT2D eigenvalue weighted by Gasteiger charge is -2.28. The SMILES string of the molecule is COC(=O)[C@H]1CCC[C@H](NC(=O)c2cc(OC)c(OCC(N)=O)c(OC)c2)C1. The van der Waals surface area contributed by atoms with Crippen molar-refractivity contribution >= 4 is 17.8 Å². The standard InChI is InChI=1S/C19H26N2O7/c1-25-14-8-12(9-15(26-2)17(14)28-10-16(20)22)18(23)21-13-6-4-5-11(7-13)19(24)27-3/h8-9,11,13H,4-7,10H2,1-3H3,(H2,20,22)(H,21,23)/t11-,13-/m0/s1. The molecule has 1 aliphatic rings. The number of carbonyl (C=O) groups is 3. The molecule has 28 heavy (non-hydrogen) atoms. The highest BCUT2D eigenvalue weighted by Gasteiger charge is 2.29. The van der Waals surface area contributed by atoms with Crippen molar-refractivity contribution in [1.29, 1.82) is 0 Å². The minimum atomic E-state index is -0.650. The lowest BCUT2D eigenvalue weighted by molar-refractivity contribution is -0.146. The molecule has 0 saturated heterocycles. The van der Waals surface area contributed by atoms with E-state index in [1.807, 2.05) is 0 Å². The van der Waals surface area contributed by atoms with E-state index in [2.05, 4.69) is 5.32 Å². The highest BCUT2D eigenvalue weighted by Crippen LogP contribution is 2.38. The van der Waals surface area contributed by atoms with Crippen molar-refractivity contribution in [3.8, 4) is 17.2 Å². The molecule has 0 radical (unpaired) electrons. The third-order valence-electron chi connectivity index (χ3n) is 4.63. The first-order valence-electron chi connectivity index (χ1n) is 8.95. The fourth-order valence-electron chi connectivity index (χ4n) is 3.27. The summed E-state index contributed by atoms with van der Waals surface area (Å²) in [6.45, 7) is -0.352. The minimum absolute atomic E-state index is 0.131. The van der Waals surface area contributed by atoms with Gasteiger partial charge < -0.3 is 30.0 Å². The van der Waals surface area contributed by atoms with Crippen LogP contribution < -0.4 is 25.3 Å². The number of methoxy groups -OCH3 is 3. The van der Waals surface area contributed by atoms with Crippen molar-refractivity contribution in [3.05, 3.63) is 17.7 Å². The van der Waals surface area contributed by atoms with Crippen LogP contribution in [-0.2, 0) is 14.3 Å². The summed E-state index contributed by atoms with van der Waals surface area (Å²) in [6.07, 6.45) is 2.91. The van der Waals surface area contributed by atoms with Gasteiger partial charge in [0.05, 0.1) is 27.2 Å². The average Bonchev–Trinajstić information content (AvgIpc) is 2.70. The molecule has 1 fully saturated rings. The summed E-state index contributed by atoms with van der Waals surface area (Å²) in [7, 11) is 4.19. The van der Waals surface area contributed by atoms with Crippen LogP contribution in [0.3, 0.4) is 0 Å². The van der Waals surface area contributed by atoms with Crippen molar-refractivity contribution in [1.82, 2.24) is 5.32 Å². The lowest BCUT2D eigenvalue weighted by atomic mass is 9.85. The highest BCUT2D eigenvalue weighted by atomic mass is 16.5. The second-order valence-electron chi connectivity index (χ2n) is 6.52. The number of rotatable bonds is 8. The van der Waals surface area contributed by atoms with Crippen LogP contribution in [0, 0.1) is 5.92 Å². The second-order valence-corrected chi connectivity index (χ2v) is 6.52. The van der Waals surface area contributed by atoms with Crippen molar-refractivity contribution < 1.29 is 33.3 Å². The molecule has 0 spiro atoms. The van der Waals surface area contributed by atoms with Gasteiger partial charge >= 0.3 is 5.97 Å². The Morgan fingerprint density at radius 1 is 1.11 bits per heavy atom. The molecule has 0 aromatic heterocycles. The topological polar surface area (TPSA) is 126 Å². The maximum atomic E-state index is 12.7. The van der Waals surface area contributed by atoms with Gasteiger partial charge in [-0.2, -0.15) is 0 Å². The summed E-state index contributed by atoms with van der Waals surface area (Å²) in [5, 5.41) is 2.94. The fourth-order valence-corrected chi connectivity index (χ4v) is 3.27. The Kier molecular flexibility index (Phi) is 7.48. The van der Waals surface area contributed by atoms with Gasteiger partial charge in [-0.15, -0.1) is 0 Å². The number of benzene rings is 1. The van der Waals surface area contributed by atoms with Crippen LogP contribution in [0.2, 0.25) is 0 Å². The Morgan fingerprint density at radius 2 is 1.75 bits per heavy atom. The van der Waals surface area contributed by atoms with E-state index in [1.165, 1.54) is 33.5 Å². The monoisotopic (exact) mass is 394 g/mol. The van der Waals surface area contributed by atoms with Crippen LogP contribution in [0.5, 0.6) is 17.2 Å². The molecular weight excluding hydrogens is 368 g/mol. The van der Waals surface area contributed by atoms with Crippen molar-refractivity contribution in [2.45, 2.75) is 31.7 Å². The van der Waals surface area contributed by atoms with Gasteiger partial charge in [-0.05, 0) is 31.4 Å². The number of ether oxygens (including phenoxy) is 4. The molecule has 2 amide bonds. The molecule has 1 saturated carbocycles. The maximum Gasteiger partial charge on any atom is 0.308 e. The first-order valence-corrected chi connectivity index (χ1v) is 8.95. The van der Waals surface area contributed by atoms with Crippen molar-refractivity contribution in [2.24, 2.45) is 11.7 Å². The second kappa shape index (κ2) is 9.82. The maximum absolute atomic E-state index is 12.7. The van der Waals surface area contributed by atoms with Crippen molar-refractivity contribution in [3.63, 3.8) is 0 Å². The molecule has 0 unspecified atom stereocenters. The van der Waals surface area contributed by atoms with Gasteiger partial charge in [0.1, 0.15) is 0 Å². The number of amides is 2. The molecule has 2 rings (SSSR count). The van der Waals surface area contributed by atoms with Crippen LogP contribution in [0.4, 0.5) is 0 Å². The van der Waals surface area contributed by atoms with Crippen LogP contribution >= 0.6 is 0 Å². The zero-order valence-corrected chi connectivity index (χ0v) is 16.3. The molecule has 1 aliphatic carbocycles. The Labute approximate surface area is 163 Å². The van der Waals surface area contributed by atoms with Crippen molar-refractivity contribution in [2.75, 3.05) is 27.9 Å². The summed E-state index contributed by atoms with van der Waals surface area (Å²) in [6, 6.07) is 2.86. The van der Waals surface area contributed by atoms with E-state index in [0.29, 0.717) is 12.0 Å². The number of hydrogen-bond acceptors (Lipinski definition) is 7. The summed E-state index contributed by atoms with van der Waals surface area (Å²) in [5.74, 6) is -0.777. The first-order chi connectivity index (χ1) is 13.4. The molecule has 9 nitrogen and oxygen atoms in total. The Hall–Kier alpha value is -2.97. The highest BCUT2D eigenvalue weighted by molar-refractivity contribution is 5.96. The molecule has 1 aromatic rings. The summed E-state index contributed by atoms with van der Waals surface area (Å²) in [4.78, 5) is 35.5. The predicted octanol–water partition coefficient (Wildman–Crippen LogP) is 1.03. The number of nitrogens with two attached hydrogens (primary N) is 1. The van der Waals surface area contributed by atoms with Gasteiger partial charge in [0, 0.05) is 11.6 Å². The number of primary amides is 1. The number of carbonyl (C=O) groups excluding carboxylic acids is 3. The predicted molar refractivity (Wildman–Crippen MR) is 99.5 cm³/mol. The fraction of sp³-hybridized carbons (Fsp3) is 0.526. The van der Waals surface area contributed by atoms with Crippen LogP contribution in [-0.4, -0.2) is 51.8 Å². The van der Waals surface area contributed by atoms with E-state index in [-0.39, 0.29) is 47.7 Å². The molecule has 3 N–H and O–H groups in total. The zero-order chi connectivity index (χ0) is 20.7. The quantitative estimate of drug-likeness (QED) is 0.631. The van der Waals surface area contributed by atoms with E-state index in [4.69, 9.17) is 24.7 Å². The Morgan fingerprint density at radius 3 is 2.29 bits per heavy atom. The van der Waals surface area contributed by atoms with Crippen LogP contribution in [0.25, 0.3) is 0 Å². The Bertz CT molecular complexity index is 710. The Balaban J connectivity index is 2.16. The molecule has 0 aliphatic heterocycles.